The van der Waals surface area contributed by atoms with Crippen LogP contribution in [0.1, 0.15) is 63.3 Å². The van der Waals surface area contributed by atoms with Crippen LogP contribution in [-0.4, -0.2) is 59.6 Å². The number of hydrogen-bond donors (Lipinski definition) is 1. The Bertz CT molecular complexity index is 1560. The molecule has 0 saturated carbocycles. The zero-order valence-corrected chi connectivity index (χ0v) is 26.0. The van der Waals surface area contributed by atoms with Gasteiger partial charge < -0.3 is 19.7 Å². The van der Waals surface area contributed by atoms with Crippen LogP contribution < -0.4 is 20.2 Å². The molecule has 4 aromatic rings. The van der Waals surface area contributed by atoms with E-state index in [-0.39, 0.29) is 11.8 Å². The van der Waals surface area contributed by atoms with Gasteiger partial charge in [0.15, 0.2) is 11.5 Å². The minimum atomic E-state index is -0.0132. The Balaban J connectivity index is 1.69. The Morgan fingerprint density at radius 1 is 1.10 bits per heavy atom. The van der Waals surface area contributed by atoms with Crippen molar-refractivity contribution in [3.8, 4) is 17.1 Å². The lowest BCUT2D eigenvalue weighted by atomic mass is 9.98. The molecule has 1 atom stereocenters. The van der Waals surface area contributed by atoms with Gasteiger partial charge in [0.25, 0.3) is 0 Å². The van der Waals surface area contributed by atoms with E-state index in [0.29, 0.717) is 35.1 Å². The molecule has 42 heavy (non-hydrogen) atoms. The van der Waals surface area contributed by atoms with Gasteiger partial charge in [-0.2, -0.15) is 9.61 Å². The molecule has 1 N–H and O–H groups in total. The number of likely N-dealkylation sites (N-methyl/N-ethyl adjacent to an activating group) is 1. The molecule has 0 bridgehead atoms. The van der Waals surface area contributed by atoms with Gasteiger partial charge in [-0.3, -0.25) is 4.79 Å². The first-order valence-electron chi connectivity index (χ1n) is 14.9. The summed E-state index contributed by atoms with van der Waals surface area (Å²) in [5.41, 5.74) is 6.36. The van der Waals surface area contributed by atoms with Crippen LogP contribution in [0, 0.1) is 19.8 Å². The summed E-state index contributed by atoms with van der Waals surface area (Å²) >= 11 is 0. The zero-order chi connectivity index (χ0) is 30.2. The number of ether oxygens (including phenoxy) is 2. The molecular formula is C33H44N6O3. The van der Waals surface area contributed by atoms with E-state index in [1.165, 1.54) is 5.69 Å². The Labute approximate surface area is 248 Å². The topological polar surface area (TPSA) is 93.9 Å². The van der Waals surface area contributed by atoms with Gasteiger partial charge in [-0.05, 0) is 81.1 Å². The summed E-state index contributed by atoms with van der Waals surface area (Å²) in [6.07, 6.45) is 5.92. The minimum Gasteiger partial charge on any atom is -0.496 e. The van der Waals surface area contributed by atoms with Crippen molar-refractivity contribution in [1.29, 1.82) is 0 Å². The number of amides is 1. The third kappa shape index (κ3) is 6.73. The Morgan fingerprint density at radius 3 is 2.57 bits per heavy atom. The van der Waals surface area contributed by atoms with Crippen molar-refractivity contribution in [3.63, 3.8) is 0 Å². The maximum atomic E-state index is 13.0. The largest absolute Gasteiger partial charge is 0.496 e. The molecule has 9 nitrogen and oxygen atoms in total. The predicted octanol–water partition coefficient (Wildman–Crippen LogP) is 5.59. The number of anilines is 2. The molecule has 2 aromatic heterocycles. The molecule has 0 spiro atoms. The van der Waals surface area contributed by atoms with Crippen LogP contribution in [0.25, 0.3) is 23.1 Å². The predicted molar refractivity (Wildman–Crippen MR) is 169 cm³/mol. The van der Waals surface area contributed by atoms with Crippen molar-refractivity contribution < 1.29 is 14.3 Å². The zero-order valence-electron chi connectivity index (χ0n) is 26.0. The van der Waals surface area contributed by atoms with Crippen molar-refractivity contribution in [2.75, 3.05) is 44.1 Å². The van der Waals surface area contributed by atoms with Gasteiger partial charge in [-0.15, -0.1) is 10.2 Å². The highest BCUT2D eigenvalue weighted by Gasteiger charge is 2.20. The number of carbonyl (C=O) groups is 1. The second-order valence-corrected chi connectivity index (χ2v) is 10.7. The molecule has 0 aliphatic carbocycles. The molecule has 9 heteroatoms. The van der Waals surface area contributed by atoms with E-state index >= 15 is 0 Å². The van der Waals surface area contributed by atoms with E-state index in [0.717, 1.165) is 60.8 Å². The number of hydrogen-bond acceptors (Lipinski definition) is 7. The molecular weight excluding hydrogens is 528 g/mol. The summed E-state index contributed by atoms with van der Waals surface area (Å²) in [6.45, 7) is 12.9. The van der Waals surface area contributed by atoms with E-state index in [1.807, 2.05) is 25.1 Å². The van der Waals surface area contributed by atoms with E-state index in [9.17, 15) is 4.79 Å². The molecule has 1 amide bonds. The first kappa shape index (κ1) is 31.0. The number of unbranched alkanes of at least 4 members (excludes halogenated alkanes) is 1. The highest BCUT2D eigenvalue weighted by atomic mass is 16.5. The van der Waals surface area contributed by atoms with E-state index in [4.69, 9.17) is 14.6 Å². The Morgan fingerprint density at radius 2 is 1.90 bits per heavy atom. The van der Waals surface area contributed by atoms with E-state index in [1.54, 1.807) is 18.7 Å². The summed E-state index contributed by atoms with van der Waals surface area (Å²) in [4.78, 5) is 15.3. The maximum Gasteiger partial charge on any atom is 0.227 e. The molecule has 1 unspecified atom stereocenters. The van der Waals surface area contributed by atoms with Crippen LogP contribution in [-0.2, 0) is 9.53 Å². The van der Waals surface area contributed by atoms with Gasteiger partial charge in [-0.25, -0.2) is 0 Å². The standard InChI is InChI=1S/C33H44N6O3/c1-8-11-12-24(9-2)33(40)34-26-14-16-30(42-7)29(21-26)32-36-35-31-28(23(5)37-39(31)32)20-25-13-15-27(19-22(25)4)38(10-3)17-18-41-6/h13-16,19-21,24H,8-12,17-18H2,1-7H3,(H,34,40). The molecule has 2 aromatic carbocycles. The first-order chi connectivity index (χ1) is 20.3. The van der Waals surface area contributed by atoms with Crippen LogP contribution in [0.3, 0.4) is 0 Å². The Kier molecular flexibility index (Phi) is 10.5. The summed E-state index contributed by atoms with van der Waals surface area (Å²) in [5, 5.41) is 17.9. The van der Waals surface area contributed by atoms with Gasteiger partial charge >= 0.3 is 0 Å². The second-order valence-electron chi connectivity index (χ2n) is 10.7. The lowest BCUT2D eigenvalue weighted by Crippen LogP contribution is -2.26. The summed E-state index contributed by atoms with van der Waals surface area (Å²) in [5.74, 6) is 1.21. The average Bonchev–Trinajstić information content (AvgIpc) is 3.53. The van der Waals surface area contributed by atoms with Gasteiger partial charge in [-0.1, -0.05) is 32.8 Å². The lowest BCUT2D eigenvalue weighted by Gasteiger charge is -2.23. The van der Waals surface area contributed by atoms with Crippen molar-refractivity contribution in [2.45, 2.75) is 60.3 Å². The van der Waals surface area contributed by atoms with Crippen LogP contribution in [0.4, 0.5) is 11.4 Å². The molecule has 224 valence electrons. The Hall–Kier alpha value is -3.98. The van der Waals surface area contributed by atoms with Crippen LogP contribution in [0.15, 0.2) is 36.4 Å². The SMILES string of the molecule is CCCCC(CC)C(=O)Nc1ccc(OC)c(-c2nnc3c(=Cc4ccc(N(CC)CCOC)cc4C)c(C)nn23)c1. The monoisotopic (exact) mass is 572 g/mol. The highest BCUT2D eigenvalue weighted by Crippen LogP contribution is 2.32. The summed E-state index contributed by atoms with van der Waals surface area (Å²) < 4.78 is 12.7. The van der Waals surface area contributed by atoms with Crippen LogP contribution in [0.2, 0.25) is 0 Å². The normalized spacial score (nSPS) is 12.6. The van der Waals surface area contributed by atoms with Crippen molar-refractivity contribution in [3.05, 3.63) is 58.4 Å². The van der Waals surface area contributed by atoms with Crippen LogP contribution >= 0.6 is 0 Å². The summed E-state index contributed by atoms with van der Waals surface area (Å²) in [7, 11) is 3.35. The smallest absolute Gasteiger partial charge is 0.227 e. The number of nitrogens with one attached hydrogen (secondary N) is 1. The molecule has 0 aliphatic heterocycles. The van der Waals surface area contributed by atoms with Crippen molar-refractivity contribution in [1.82, 2.24) is 19.8 Å². The van der Waals surface area contributed by atoms with Crippen LogP contribution in [0.5, 0.6) is 5.75 Å². The highest BCUT2D eigenvalue weighted by molar-refractivity contribution is 5.93. The lowest BCUT2D eigenvalue weighted by molar-refractivity contribution is -0.120. The molecule has 0 saturated heterocycles. The number of nitrogens with zero attached hydrogens (tertiary/aromatic N) is 5. The number of methoxy groups -OCH3 is 2. The molecule has 4 rings (SSSR count). The van der Waals surface area contributed by atoms with Crippen molar-refractivity contribution >= 4 is 29.0 Å². The van der Waals surface area contributed by atoms with E-state index < -0.39 is 0 Å². The number of rotatable bonds is 14. The van der Waals surface area contributed by atoms with Gasteiger partial charge in [0.2, 0.25) is 5.91 Å². The van der Waals surface area contributed by atoms with Gasteiger partial charge in [0.05, 0.1) is 25.0 Å². The summed E-state index contributed by atoms with van der Waals surface area (Å²) in [6, 6.07) is 12.1. The third-order valence-electron chi connectivity index (χ3n) is 7.86. The maximum absolute atomic E-state index is 13.0. The van der Waals surface area contributed by atoms with Gasteiger partial charge in [0.1, 0.15) is 5.75 Å². The fraction of sp³-hybridized carbons (Fsp3) is 0.455. The molecule has 0 aliphatic rings. The molecule has 0 radical (unpaired) electrons. The number of benzene rings is 2. The average molecular weight is 573 g/mol. The number of aryl methyl sites for hydroxylation is 2. The van der Waals surface area contributed by atoms with E-state index in [2.05, 4.69) is 72.4 Å². The number of fused-ring (bicyclic) bond motifs is 1. The van der Waals surface area contributed by atoms with Crippen molar-refractivity contribution in [2.24, 2.45) is 5.92 Å². The molecule has 0 fully saturated rings. The minimum absolute atomic E-state index is 0.0132. The first-order valence-corrected chi connectivity index (χ1v) is 14.9. The number of aromatic nitrogens is 4. The number of carbonyl (C=O) groups excluding carboxylic acids is 1. The molecule has 2 heterocycles. The van der Waals surface area contributed by atoms with Gasteiger partial charge in [0, 0.05) is 42.7 Å². The quantitative estimate of drug-likeness (QED) is 0.210. The fourth-order valence-electron chi connectivity index (χ4n) is 5.27. The third-order valence-corrected chi connectivity index (χ3v) is 7.86. The second kappa shape index (κ2) is 14.3. The fourth-order valence-corrected chi connectivity index (χ4v) is 5.27.